The minimum atomic E-state index is -1.69. The molecule has 0 aliphatic heterocycles. The lowest BCUT2D eigenvalue weighted by Crippen LogP contribution is -2.47. The minimum absolute atomic E-state index is 0.646. The molecular formula is C15H26OSi. The van der Waals surface area contributed by atoms with Crippen LogP contribution in [0.2, 0.25) is 17.1 Å². The third-order valence-corrected chi connectivity index (χ3v) is 9.43. The van der Waals surface area contributed by atoms with Crippen LogP contribution in [0.3, 0.4) is 0 Å². The number of rotatable bonds is 5. The van der Waals surface area contributed by atoms with Gasteiger partial charge in [-0.05, 0) is 41.7 Å². The van der Waals surface area contributed by atoms with Crippen LogP contribution in [0.15, 0.2) is 24.3 Å². The van der Waals surface area contributed by atoms with Gasteiger partial charge >= 0.3 is 0 Å². The van der Waals surface area contributed by atoms with Crippen molar-refractivity contribution in [1.29, 1.82) is 0 Å². The van der Waals surface area contributed by atoms with E-state index in [-0.39, 0.29) is 0 Å². The summed E-state index contributed by atoms with van der Waals surface area (Å²) in [5.74, 6) is 1.06. The lowest BCUT2D eigenvalue weighted by molar-refractivity contribution is 0.497. The smallest absolute Gasteiger partial charge is 0.255 e. The summed E-state index contributed by atoms with van der Waals surface area (Å²) in [4.78, 5) is 0. The van der Waals surface area contributed by atoms with Gasteiger partial charge in [-0.2, -0.15) is 0 Å². The largest absolute Gasteiger partial charge is 0.543 e. The van der Waals surface area contributed by atoms with Gasteiger partial charge in [-0.15, -0.1) is 0 Å². The van der Waals surface area contributed by atoms with Crippen LogP contribution in [0.4, 0.5) is 0 Å². The van der Waals surface area contributed by atoms with E-state index >= 15 is 0 Å². The molecule has 0 aliphatic rings. The van der Waals surface area contributed by atoms with Gasteiger partial charge in [0, 0.05) is 0 Å². The molecular weight excluding hydrogens is 224 g/mol. The minimum Gasteiger partial charge on any atom is -0.543 e. The first kappa shape index (κ1) is 14.3. The fourth-order valence-corrected chi connectivity index (χ4v) is 6.84. The summed E-state index contributed by atoms with van der Waals surface area (Å²) in [5.41, 5.74) is 2.56. The van der Waals surface area contributed by atoms with Crippen molar-refractivity contribution in [3.63, 3.8) is 0 Å². The van der Waals surface area contributed by atoms with Crippen molar-refractivity contribution in [1.82, 2.24) is 0 Å². The Bertz CT molecular complexity index is 350. The molecule has 96 valence electrons. The first-order valence-corrected chi connectivity index (χ1v) is 8.95. The van der Waals surface area contributed by atoms with Crippen LogP contribution in [0.5, 0.6) is 5.75 Å². The molecule has 0 saturated carbocycles. The summed E-state index contributed by atoms with van der Waals surface area (Å²) < 4.78 is 6.49. The molecule has 0 saturated heterocycles. The monoisotopic (exact) mass is 250 g/mol. The normalized spacial score (nSPS) is 12.2. The third kappa shape index (κ3) is 3.12. The van der Waals surface area contributed by atoms with Crippen molar-refractivity contribution < 1.29 is 4.43 Å². The van der Waals surface area contributed by atoms with Crippen LogP contribution >= 0.6 is 0 Å². The molecule has 17 heavy (non-hydrogen) atoms. The fraction of sp³-hybridized carbons (Fsp3) is 0.600. The molecule has 1 aromatic rings. The Morgan fingerprint density at radius 3 is 2.12 bits per heavy atom. The molecule has 1 rings (SSSR count). The van der Waals surface area contributed by atoms with Gasteiger partial charge in [0.25, 0.3) is 8.32 Å². The van der Waals surface area contributed by atoms with Crippen molar-refractivity contribution in [2.24, 2.45) is 0 Å². The van der Waals surface area contributed by atoms with Crippen LogP contribution in [-0.4, -0.2) is 8.32 Å². The van der Waals surface area contributed by atoms with E-state index in [1.165, 1.54) is 11.6 Å². The summed E-state index contributed by atoms with van der Waals surface area (Å²) in [6.45, 7) is 13.6. The molecule has 2 heteroatoms. The van der Waals surface area contributed by atoms with E-state index in [0.29, 0.717) is 11.1 Å². The van der Waals surface area contributed by atoms with Crippen LogP contribution < -0.4 is 4.43 Å². The topological polar surface area (TPSA) is 9.23 Å². The first-order chi connectivity index (χ1) is 7.92. The van der Waals surface area contributed by atoms with Gasteiger partial charge in [0.2, 0.25) is 0 Å². The van der Waals surface area contributed by atoms with Crippen LogP contribution in [0, 0.1) is 6.92 Å². The van der Waals surface area contributed by atoms with Gasteiger partial charge in [-0.25, -0.2) is 0 Å². The first-order valence-electron chi connectivity index (χ1n) is 6.68. The summed E-state index contributed by atoms with van der Waals surface area (Å²) >= 11 is 0. The second-order valence-electron chi connectivity index (χ2n) is 5.54. The number of hydrogen-bond donors (Lipinski definition) is 0. The highest BCUT2D eigenvalue weighted by molar-refractivity contribution is 6.77. The van der Waals surface area contributed by atoms with Crippen LogP contribution in [0.25, 0.3) is 0 Å². The van der Waals surface area contributed by atoms with Crippen molar-refractivity contribution in [2.45, 2.75) is 58.7 Å². The maximum absolute atomic E-state index is 6.49. The quantitative estimate of drug-likeness (QED) is 0.656. The van der Waals surface area contributed by atoms with E-state index in [2.05, 4.69) is 65.8 Å². The molecule has 0 atom stereocenters. The molecule has 0 amide bonds. The molecule has 0 aromatic heterocycles. The highest BCUT2D eigenvalue weighted by atomic mass is 28.4. The Hall–Kier alpha value is -0.763. The zero-order valence-electron chi connectivity index (χ0n) is 12.1. The standard InChI is InChI=1S/C15H26OSi/c1-7-17(12(2)3,13(4)5)16-15-10-8-9-14(6)11-15/h8-13H,7H2,1-6H3. The Morgan fingerprint density at radius 1 is 1.12 bits per heavy atom. The highest BCUT2D eigenvalue weighted by Crippen LogP contribution is 2.37. The van der Waals surface area contributed by atoms with Crippen LogP contribution in [0.1, 0.15) is 40.2 Å². The van der Waals surface area contributed by atoms with E-state index in [1.54, 1.807) is 0 Å². The van der Waals surface area contributed by atoms with Gasteiger partial charge < -0.3 is 4.43 Å². The molecule has 0 aliphatic carbocycles. The summed E-state index contributed by atoms with van der Waals surface area (Å²) in [5, 5.41) is 0. The van der Waals surface area contributed by atoms with Gasteiger partial charge in [-0.3, -0.25) is 0 Å². The van der Waals surface area contributed by atoms with E-state index in [0.717, 1.165) is 5.75 Å². The molecule has 0 heterocycles. The van der Waals surface area contributed by atoms with Crippen molar-refractivity contribution in [2.75, 3.05) is 0 Å². The van der Waals surface area contributed by atoms with Crippen molar-refractivity contribution >= 4 is 8.32 Å². The number of benzene rings is 1. The van der Waals surface area contributed by atoms with Gasteiger partial charge in [-0.1, -0.05) is 46.8 Å². The van der Waals surface area contributed by atoms with E-state index in [9.17, 15) is 0 Å². The fourth-order valence-electron chi connectivity index (χ4n) is 2.69. The Morgan fingerprint density at radius 2 is 1.71 bits per heavy atom. The molecule has 0 N–H and O–H groups in total. The Kier molecular flexibility index (Phi) is 4.81. The molecule has 0 spiro atoms. The molecule has 0 unspecified atom stereocenters. The molecule has 0 fully saturated rings. The van der Waals surface area contributed by atoms with E-state index < -0.39 is 8.32 Å². The number of aryl methyl sites for hydroxylation is 1. The SMILES string of the molecule is CC[Si](Oc1cccc(C)c1)(C(C)C)C(C)C. The van der Waals surface area contributed by atoms with Gasteiger partial charge in [0.1, 0.15) is 5.75 Å². The second kappa shape index (κ2) is 5.72. The predicted molar refractivity (Wildman–Crippen MR) is 78.2 cm³/mol. The zero-order valence-corrected chi connectivity index (χ0v) is 13.1. The summed E-state index contributed by atoms with van der Waals surface area (Å²) in [6.07, 6.45) is 0. The van der Waals surface area contributed by atoms with Gasteiger partial charge in [0.15, 0.2) is 0 Å². The lowest BCUT2D eigenvalue weighted by Gasteiger charge is -2.38. The second-order valence-corrected chi connectivity index (χ2v) is 10.7. The van der Waals surface area contributed by atoms with Crippen molar-refractivity contribution in [3.05, 3.63) is 29.8 Å². The zero-order chi connectivity index (χ0) is 13.1. The highest BCUT2D eigenvalue weighted by Gasteiger charge is 2.42. The Balaban J connectivity index is 3.01. The molecule has 0 radical (unpaired) electrons. The van der Waals surface area contributed by atoms with E-state index in [1.807, 2.05) is 0 Å². The average molecular weight is 250 g/mol. The molecule has 1 nitrogen and oxygen atoms in total. The maximum atomic E-state index is 6.49. The van der Waals surface area contributed by atoms with Crippen LogP contribution in [-0.2, 0) is 0 Å². The molecule has 1 aromatic carbocycles. The Labute approximate surface area is 107 Å². The predicted octanol–water partition coefficient (Wildman–Crippen LogP) is 5.16. The maximum Gasteiger partial charge on any atom is 0.255 e. The summed E-state index contributed by atoms with van der Waals surface area (Å²) in [7, 11) is -1.69. The molecule has 0 bridgehead atoms. The summed E-state index contributed by atoms with van der Waals surface area (Å²) in [6, 6.07) is 9.63. The van der Waals surface area contributed by atoms with E-state index in [4.69, 9.17) is 4.43 Å². The lowest BCUT2D eigenvalue weighted by atomic mass is 10.2. The average Bonchev–Trinajstić information content (AvgIpc) is 2.25. The number of hydrogen-bond acceptors (Lipinski definition) is 1. The third-order valence-electron chi connectivity index (χ3n) is 3.80. The van der Waals surface area contributed by atoms with Crippen molar-refractivity contribution in [3.8, 4) is 5.75 Å². The van der Waals surface area contributed by atoms with Gasteiger partial charge in [0.05, 0.1) is 0 Å².